The smallest absolute Gasteiger partial charge is 0.323 e. The van der Waals surface area contributed by atoms with Crippen LogP contribution in [0.3, 0.4) is 0 Å². The molecular formula is C12H21NO2. The number of ether oxygens (including phenoxy) is 1. The number of esters is 1. The van der Waals surface area contributed by atoms with Crippen molar-refractivity contribution >= 4 is 5.97 Å². The molecule has 2 bridgehead atoms. The molecule has 3 aliphatic rings. The molecule has 3 nitrogen and oxygen atoms in total. The van der Waals surface area contributed by atoms with Crippen LogP contribution < -0.4 is 5.73 Å². The highest BCUT2D eigenvalue weighted by molar-refractivity contribution is 5.77. The van der Waals surface area contributed by atoms with Gasteiger partial charge >= 0.3 is 5.97 Å². The minimum Gasteiger partial charge on any atom is -0.468 e. The minimum atomic E-state index is -0.410. The van der Waals surface area contributed by atoms with Gasteiger partial charge in [-0.1, -0.05) is 20.8 Å². The lowest BCUT2D eigenvalue weighted by Crippen LogP contribution is -2.73. The number of carbonyl (C=O) groups excluding carboxylic acids is 1. The van der Waals surface area contributed by atoms with Crippen LogP contribution in [0.5, 0.6) is 0 Å². The summed E-state index contributed by atoms with van der Waals surface area (Å²) in [5.74, 6) is -0.253. The molecule has 0 unspecified atom stereocenters. The SMILES string of the molecule is COC(=O)[C@H](N)C12CC(C(C)(C)C)(C1)C2. The van der Waals surface area contributed by atoms with E-state index in [4.69, 9.17) is 10.5 Å². The maximum absolute atomic E-state index is 11.4. The van der Waals surface area contributed by atoms with Gasteiger partial charge in [-0.3, -0.25) is 4.79 Å². The highest BCUT2D eigenvalue weighted by Gasteiger charge is 2.74. The van der Waals surface area contributed by atoms with Gasteiger partial charge in [0, 0.05) is 0 Å². The summed E-state index contributed by atoms with van der Waals surface area (Å²) in [6.45, 7) is 6.83. The second-order valence-corrected chi connectivity index (χ2v) is 6.42. The van der Waals surface area contributed by atoms with Gasteiger partial charge in [-0.15, -0.1) is 0 Å². The molecule has 3 fully saturated rings. The van der Waals surface area contributed by atoms with E-state index in [1.54, 1.807) is 0 Å². The summed E-state index contributed by atoms with van der Waals surface area (Å²) < 4.78 is 4.71. The first kappa shape index (κ1) is 10.9. The Morgan fingerprint density at radius 3 is 2.13 bits per heavy atom. The Balaban J connectivity index is 2.01. The lowest BCUT2D eigenvalue weighted by molar-refractivity contribution is -0.268. The molecule has 0 amide bonds. The molecular weight excluding hydrogens is 190 g/mol. The van der Waals surface area contributed by atoms with Gasteiger partial charge in [0.05, 0.1) is 7.11 Å². The second-order valence-electron chi connectivity index (χ2n) is 6.42. The van der Waals surface area contributed by atoms with Crippen LogP contribution in [0.15, 0.2) is 0 Å². The summed E-state index contributed by atoms with van der Waals surface area (Å²) in [5, 5.41) is 0. The van der Waals surface area contributed by atoms with Crippen molar-refractivity contribution in [1.82, 2.24) is 0 Å². The van der Waals surface area contributed by atoms with Gasteiger partial charge in [0.1, 0.15) is 6.04 Å². The fourth-order valence-corrected chi connectivity index (χ4v) is 3.37. The van der Waals surface area contributed by atoms with Gasteiger partial charge in [-0.2, -0.15) is 0 Å². The zero-order chi connectivity index (χ0) is 11.5. The minimum absolute atomic E-state index is 0.0698. The summed E-state index contributed by atoms with van der Waals surface area (Å²) in [5.41, 5.74) is 6.78. The Kier molecular flexibility index (Phi) is 2.01. The molecule has 3 rings (SSSR count). The first-order chi connectivity index (χ1) is 6.76. The molecule has 0 heterocycles. The summed E-state index contributed by atoms with van der Waals surface area (Å²) in [6.07, 6.45) is 3.29. The Bertz CT molecular complexity index is 283. The van der Waals surface area contributed by atoms with Gasteiger partial charge in [0.15, 0.2) is 0 Å². The average molecular weight is 211 g/mol. The van der Waals surface area contributed by atoms with Crippen molar-refractivity contribution in [2.75, 3.05) is 7.11 Å². The molecule has 2 N–H and O–H groups in total. The second kappa shape index (κ2) is 2.76. The number of hydrogen-bond donors (Lipinski definition) is 1. The van der Waals surface area contributed by atoms with Crippen molar-refractivity contribution in [2.45, 2.75) is 46.1 Å². The van der Waals surface area contributed by atoms with Crippen LogP contribution in [0.25, 0.3) is 0 Å². The van der Waals surface area contributed by atoms with E-state index in [1.807, 2.05) is 0 Å². The van der Waals surface area contributed by atoms with Crippen LogP contribution in [-0.4, -0.2) is 19.1 Å². The molecule has 0 aromatic rings. The molecule has 3 saturated carbocycles. The summed E-state index contributed by atoms with van der Waals surface area (Å²) >= 11 is 0. The molecule has 3 aliphatic carbocycles. The normalized spacial score (nSPS) is 40.1. The van der Waals surface area contributed by atoms with Crippen molar-refractivity contribution in [3.63, 3.8) is 0 Å². The van der Waals surface area contributed by atoms with E-state index in [0.29, 0.717) is 10.8 Å². The predicted molar refractivity (Wildman–Crippen MR) is 58.2 cm³/mol. The molecule has 0 aromatic carbocycles. The van der Waals surface area contributed by atoms with E-state index in [2.05, 4.69) is 20.8 Å². The molecule has 0 aliphatic heterocycles. The fourth-order valence-electron chi connectivity index (χ4n) is 3.37. The highest BCUT2D eigenvalue weighted by Crippen LogP contribution is 2.79. The summed E-state index contributed by atoms with van der Waals surface area (Å²) in [7, 11) is 1.41. The Morgan fingerprint density at radius 1 is 1.33 bits per heavy atom. The Hall–Kier alpha value is -0.570. The van der Waals surface area contributed by atoms with Crippen LogP contribution in [-0.2, 0) is 9.53 Å². The molecule has 86 valence electrons. The maximum Gasteiger partial charge on any atom is 0.323 e. The number of carbonyl (C=O) groups is 1. The van der Waals surface area contributed by atoms with E-state index in [1.165, 1.54) is 7.11 Å². The lowest BCUT2D eigenvalue weighted by Gasteiger charge is -2.76. The lowest BCUT2D eigenvalue weighted by atomic mass is 9.28. The van der Waals surface area contributed by atoms with Crippen molar-refractivity contribution in [3.05, 3.63) is 0 Å². The Morgan fingerprint density at radius 2 is 1.80 bits per heavy atom. The quantitative estimate of drug-likeness (QED) is 0.707. The number of nitrogens with two attached hydrogens (primary N) is 1. The van der Waals surface area contributed by atoms with Gasteiger partial charge in [-0.05, 0) is 35.5 Å². The fraction of sp³-hybridized carbons (Fsp3) is 0.917. The Labute approximate surface area is 91.4 Å². The largest absolute Gasteiger partial charge is 0.468 e. The van der Waals surface area contributed by atoms with Gasteiger partial charge in [-0.25, -0.2) is 0 Å². The van der Waals surface area contributed by atoms with Crippen LogP contribution in [0.4, 0.5) is 0 Å². The van der Waals surface area contributed by atoms with E-state index in [0.717, 1.165) is 19.3 Å². The third-order valence-electron chi connectivity index (χ3n) is 4.78. The van der Waals surface area contributed by atoms with Gasteiger partial charge < -0.3 is 10.5 Å². The zero-order valence-corrected chi connectivity index (χ0v) is 10.1. The first-order valence-electron chi connectivity index (χ1n) is 5.60. The molecule has 3 heteroatoms. The summed E-state index contributed by atoms with van der Waals surface area (Å²) in [4.78, 5) is 11.4. The van der Waals surface area contributed by atoms with Crippen molar-refractivity contribution in [3.8, 4) is 0 Å². The van der Waals surface area contributed by atoms with Crippen molar-refractivity contribution < 1.29 is 9.53 Å². The van der Waals surface area contributed by atoms with Crippen LogP contribution >= 0.6 is 0 Å². The van der Waals surface area contributed by atoms with Crippen molar-refractivity contribution in [1.29, 1.82) is 0 Å². The maximum atomic E-state index is 11.4. The first-order valence-corrected chi connectivity index (χ1v) is 5.60. The third-order valence-corrected chi connectivity index (χ3v) is 4.78. The van der Waals surface area contributed by atoms with E-state index in [9.17, 15) is 4.79 Å². The highest BCUT2D eigenvalue weighted by atomic mass is 16.5. The molecule has 1 atom stereocenters. The van der Waals surface area contributed by atoms with Gasteiger partial charge in [0.25, 0.3) is 0 Å². The van der Waals surface area contributed by atoms with Crippen LogP contribution in [0.1, 0.15) is 40.0 Å². The molecule has 15 heavy (non-hydrogen) atoms. The van der Waals surface area contributed by atoms with E-state index >= 15 is 0 Å². The zero-order valence-electron chi connectivity index (χ0n) is 10.1. The molecule has 0 saturated heterocycles. The van der Waals surface area contributed by atoms with E-state index in [-0.39, 0.29) is 11.4 Å². The topological polar surface area (TPSA) is 52.3 Å². The van der Waals surface area contributed by atoms with Crippen LogP contribution in [0.2, 0.25) is 0 Å². The number of hydrogen-bond acceptors (Lipinski definition) is 3. The van der Waals surface area contributed by atoms with Crippen molar-refractivity contribution in [2.24, 2.45) is 22.0 Å². The third kappa shape index (κ3) is 1.19. The van der Waals surface area contributed by atoms with Gasteiger partial charge in [0.2, 0.25) is 0 Å². The molecule has 0 aromatic heterocycles. The monoisotopic (exact) mass is 211 g/mol. The standard InChI is InChI=1S/C12H21NO2/c1-10(2,3)12-5-11(6-12,7-12)8(13)9(14)15-4/h8H,5-7,13H2,1-4H3/t8-,11?,12?/m0/s1. The predicted octanol–water partition coefficient (Wildman–Crippen LogP) is 1.70. The summed E-state index contributed by atoms with van der Waals surface area (Å²) in [6, 6.07) is -0.410. The van der Waals surface area contributed by atoms with Crippen LogP contribution in [0, 0.1) is 16.2 Å². The average Bonchev–Trinajstić information content (AvgIpc) is 1.94. The van der Waals surface area contributed by atoms with E-state index < -0.39 is 6.04 Å². The number of rotatable bonds is 2. The molecule has 0 radical (unpaired) electrons. The number of methoxy groups -OCH3 is 1. The molecule has 0 spiro atoms.